The molecule has 0 amide bonds. The van der Waals surface area contributed by atoms with Gasteiger partial charge in [0.15, 0.2) is 0 Å². The van der Waals surface area contributed by atoms with Crippen LogP contribution in [0.2, 0.25) is 0 Å². The molecule has 0 aromatic heterocycles. The molecule has 0 aliphatic heterocycles. The maximum absolute atomic E-state index is 13.1. The highest BCUT2D eigenvalue weighted by Gasteiger charge is 2.58. The van der Waals surface area contributed by atoms with Crippen LogP contribution in [0.3, 0.4) is 0 Å². The van der Waals surface area contributed by atoms with E-state index in [1.54, 1.807) is 38.1 Å². The molecule has 2 rings (SSSR count). The van der Waals surface area contributed by atoms with Crippen LogP contribution in [0.4, 0.5) is 8.78 Å². The Kier molecular flexibility index (Phi) is 5.46. The van der Waals surface area contributed by atoms with Gasteiger partial charge in [-0.15, -0.1) is 0 Å². The summed E-state index contributed by atoms with van der Waals surface area (Å²) in [6.45, 7) is 2.02. The summed E-state index contributed by atoms with van der Waals surface area (Å²) in [5.74, 6) is -0.820. The minimum absolute atomic E-state index is 0.175. The van der Waals surface area contributed by atoms with Crippen LogP contribution in [0.1, 0.15) is 32.3 Å². The molecule has 1 aromatic carbocycles. The Balaban J connectivity index is 2.28. The van der Waals surface area contributed by atoms with E-state index in [1.807, 2.05) is 0 Å². The number of carbonyl (C=O) groups excluding carboxylic acids is 1. The average molecular weight is 390 g/mol. The second-order valence-corrected chi connectivity index (χ2v) is 7.58. The number of ether oxygens (including phenoxy) is 1. The molecule has 0 heterocycles. The minimum Gasteiger partial charge on any atom is -0.461 e. The smallest absolute Gasteiger partial charge is 0.331 e. The zero-order valence-corrected chi connectivity index (χ0v) is 14.9. The molecule has 1 aliphatic carbocycles. The first-order chi connectivity index (χ1) is 10.8. The monoisotopic (exact) mass is 389 g/mol. The van der Waals surface area contributed by atoms with Gasteiger partial charge in [0.25, 0.3) is 0 Å². The summed E-state index contributed by atoms with van der Waals surface area (Å²) in [4.78, 5) is 12.6. The quantitative estimate of drug-likeness (QED) is 0.719. The van der Waals surface area contributed by atoms with Gasteiger partial charge in [0.05, 0.1) is 19.5 Å². The van der Waals surface area contributed by atoms with Gasteiger partial charge in [-0.2, -0.15) is 0 Å². The van der Waals surface area contributed by atoms with Crippen LogP contribution < -0.4 is 5.73 Å². The highest BCUT2D eigenvalue weighted by Crippen LogP contribution is 2.57. The lowest BCUT2D eigenvalue weighted by Crippen LogP contribution is -2.47. The molecular formula is C17H22BrF2NO2. The van der Waals surface area contributed by atoms with Gasteiger partial charge >= 0.3 is 5.97 Å². The molecule has 6 heteroatoms. The van der Waals surface area contributed by atoms with Crippen LogP contribution in [0, 0.1) is 11.3 Å². The Hall–Kier alpha value is -1.01. The molecule has 2 atom stereocenters. The lowest BCUT2D eigenvalue weighted by Gasteiger charge is -2.29. The molecule has 3 nitrogen and oxygen atoms in total. The van der Waals surface area contributed by atoms with Crippen molar-refractivity contribution in [3.63, 3.8) is 0 Å². The molecule has 1 unspecified atom stereocenters. The van der Waals surface area contributed by atoms with Crippen LogP contribution >= 0.6 is 15.9 Å². The van der Waals surface area contributed by atoms with E-state index < -0.39 is 30.3 Å². The number of alkyl halides is 2. The number of nitrogens with two attached hydrogens (primary N) is 1. The summed E-state index contributed by atoms with van der Waals surface area (Å²) < 4.78 is 32.4. The number of rotatable bonds is 7. The molecular weight excluding hydrogens is 368 g/mol. The van der Waals surface area contributed by atoms with Crippen LogP contribution in [-0.4, -0.2) is 25.4 Å². The fourth-order valence-corrected chi connectivity index (χ4v) is 3.12. The lowest BCUT2D eigenvalue weighted by atomic mass is 9.84. The highest BCUT2D eigenvalue weighted by molar-refractivity contribution is 9.10. The Morgan fingerprint density at radius 3 is 2.39 bits per heavy atom. The van der Waals surface area contributed by atoms with Gasteiger partial charge in [-0.25, -0.2) is 4.79 Å². The number of hydrogen-bond donors (Lipinski definition) is 1. The van der Waals surface area contributed by atoms with Crippen LogP contribution in [0.15, 0.2) is 28.7 Å². The van der Waals surface area contributed by atoms with Crippen molar-refractivity contribution in [2.75, 3.05) is 13.3 Å². The number of benzene rings is 1. The third-order valence-electron chi connectivity index (χ3n) is 4.53. The fraction of sp³-hybridized carbons (Fsp3) is 0.588. The maximum Gasteiger partial charge on any atom is 0.331 e. The van der Waals surface area contributed by atoms with Crippen molar-refractivity contribution < 1.29 is 18.3 Å². The minimum atomic E-state index is -1.40. The highest BCUT2D eigenvalue weighted by atomic mass is 79.9. The van der Waals surface area contributed by atoms with Crippen LogP contribution in [0.5, 0.6) is 0 Å². The predicted octanol–water partition coefficient (Wildman–Crippen LogP) is 3.89. The summed E-state index contributed by atoms with van der Waals surface area (Å²) in [6.07, 6.45) is 0.269. The molecule has 1 aliphatic rings. The first kappa shape index (κ1) is 18.3. The van der Waals surface area contributed by atoms with Gasteiger partial charge in [0.2, 0.25) is 0 Å². The zero-order valence-electron chi connectivity index (χ0n) is 13.3. The van der Waals surface area contributed by atoms with Gasteiger partial charge in [-0.05, 0) is 50.3 Å². The first-order valence-electron chi connectivity index (χ1n) is 7.65. The second-order valence-electron chi connectivity index (χ2n) is 6.67. The Bertz CT molecular complexity index is 560. The topological polar surface area (TPSA) is 52.3 Å². The Labute approximate surface area is 143 Å². The van der Waals surface area contributed by atoms with E-state index in [1.165, 1.54) is 0 Å². The van der Waals surface area contributed by atoms with Gasteiger partial charge < -0.3 is 10.5 Å². The van der Waals surface area contributed by atoms with E-state index in [0.717, 1.165) is 4.47 Å². The van der Waals surface area contributed by atoms with E-state index >= 15 is 0 Å². The summed E-state index contributed by atoms with van der Waals surface area (Å²) in [5.41, 5.74) is 4.61. The van der Waals surface area contributed by atoms with E-state index in [4.69, 9.17) is 10.5 Å². The van der Waals surface area contributed by atoms with Crippen molar-refractivity contribution in [1.29, 1.82) is 0 Å². The van der Waals surface area contributed by atoms with E-state index in [-0.39, 0.29) is 18.4 Å². The average Bonchev–Trinajstić information content (AvgIpc) is 3.20. The SMILES string of the molecule is CC(C)OC(=O)C(N)(C[C@@H]1CC1(CF)CF)c1ccc(Br)cc1. The van der Waals surface area contributed by atoms with Crippen molar-refractivity contribution >= 4 is 21.9 Å². The first-order valence-corrected chi connectivity index (χ1v) is 8.44. The van der Waals surface area contributed by atoms with Crippen LogP contribution in [-0.2, 0) is 15.1 Å². The Morgan fingerprint density at radius 1 is 1.39 bits per heavy atom. The largest absolute Gasteiger partial charge is 0.461 e. The van der Waals surface area contributed by atoms with Crippen molar-refractivity contribution in [2.45, 2.75) is 38.3 Å². The summed E-state index contributed by atoms with van der Waals surface area (Å²) in [6, 6.07) is 7.04. The summed E-state index contributed by atoms with van der Waals surface area (Å²) in [5, 5.41) is 0. The van der Waals surface area contributed by atoms with Gasteiger partial charge in [0, 0.05) is 9.89 Å². The van der Waals surface area contributed by atoms with Crippen molar-refractivity contribution in [3.8, 4) is 0 Å². The molecule has 1 fully saturated rings. The molecule has 1 aromatic rings. The van der Waals surface area contributed by atoms with Crippen molar-refractivity contribution in [3.05, 3.63) is 34.3 Å². The molecule has 1 saturated carbocycles. The molecule has 128 valence electrons. The number of esters is 1. The number of halogens is 3. The van der Waals surface area contributed by atoms with Gasteiger partial charge in [-0.1, -0.05) is 28.1 Å². The lowest BCUT2D eigenvalue weighted by molar-refractivity contribution is -0.155. The number of hydrogen-bond acceptors (Lipinski definition) is 3. The second kappa shape index (κ2) is 6.85. The molecule has 2 N–H and O–H groups in total. The Morgan fingerprint density at radius 2 is 1.96 bits per heavy atom. The molecule has 0 saturated heterocycles. The summed E-state index contributed by atoms with van der Waals surface area (Å²) in [7, 11) is 0. The third-order valence-corrected chi connectivity index (χ3v) is 5.05. The van der Waals surface area contributed by atoms with Crippen molar-refractivity contribution in [2.24, 2.45) is 17.1 Å². The predicted molar refractivity (Wildman–Crippen MR) is 88.3 cm³/mol. The van der Waals surface area contributed by atoms with Gasteiger partial charge in [0.1, 0.15) is 5.54 Å². The summed E-state index contributed by atoms with van der Waals surface area (Å²) >= 11 is 3.34. The third kappa shape index (κ3) is 3.74. The van der Waals surface area contributed by atoms with Gasteiger partial charge in [-0.3, -0.25) is 8.78 Å². The van der Waals surface area contributed by atoms with E-state index in [9.17, 15) is 13.6 Å². The fourth-order valence-electron chi connectivity index (χ4n) is 2.86. The standard InChI is InChI=1S/C17H22BrF2NO2/c1-11(2)23-15(22)17(21,12-3-5-14(18)6-4-12)8-13-7-16(13,9-19)10-20/h3-6,11,13H,7-10,21H2,1-2H3/t13-,17?/m0/s1. The normalized spacial score (nSPS) is 21.8. The zero-order chi connectivity index (χ0) is 17.3. The van der Waals surface area contributed by atoms with E-state index in [2.05, 4.69) is 15.9 Å². The van der Waals surface area contributed by atoms with E-state index in [0.29, 0.717) is 12.0 Å². The molecule has 0 radical (unpaired) electrons. The molecule has 23 heavy (non-hydrogen) atoms. The van der Waals surface area contributed by atoms with Crippen LogP contribution in [0.25, 0.3) is 0 Å². The van der Waals surface area contributed by atoms with Crippen molar-refractivity contribution in [1.82, 2.24) is 0 Å². The number of carbonyl (C=O) groups is 1. The maximum atomic E-state index is 13.1. The molecule has 0 bridgehead atoms. The molecule has 0 spiro atoms.